The molecule has 0 bridgehead atoms. The zero-order valence-corrected chi connectivity index (χ0v) is 13.9. The maximum atomic E-state index is 11.6. The van der Waals surface area contributed by atoms with Crippen molar-refractivity contribution in [3.63, 3.8) is 0 Å². The van der Waals surface area contributed by atoms with E-state index < -0.39 is 0 Å². The van der Waals surface area contributed by atoms with Crippen molar-refractivity contribution >= 4 is 5.91 Å². The third-order valence-electron chi connectivity index (χ3n) is 4.51. The predicted octanol–water partition coefficient (Wildman–Crippen LogP) is 2.69. The molecule has 0 saturated carbocycles. The fourth-order valence-corrected chi connectivity index (χ4v) is 3.33. The molecule has 6 heteroatoms. The molecule has 1 amide bonds. The summed E-state index contributed by atoms with van der Waals surface area (Å²) >= 11 is 0. The summed E-state index contributed by atoms with van der Waals surface area (Å²) in [5, 5.41) is 3.95. The second-order valence-electron chi connectivity index (χ2n) is 6.14. The molecule has 0 unspecified atom stereocenters. The summed E-state index contributed by atoms with van der Waals surface area (Å²) in [6, 6.07) is 0.344. The van der Waals surface area contributed by atoms with Crippen LogP contribution in [0, 0.1) is 13.8 Å². The van der Waals surface area contributed by atoms with E-state index in [1.54, 1.807) is 13.1 Å². The van der Waals surface area contributed by atoms with E-state index in [4.69, 9.17) is 4.52 Å². The first-order chi connectivity index (χ1) is 11.1. The van der Waals surface area contributed by atoms with E-state index in [0.29, 0.717) is 6.04 Å². The van der Waals surface area contributed by atoms with Crippen LogP contribution in [0.1, 0.15) is 43.3 Å². The molecule has 0 radical (unpaired) electrons. The van der Waals surface area contributed by atoms with Gasteiger partial charge in [-0.15, -0.1) is 0 Å². The molecule has 1 aliphatic heterocycles. The Labute approximate surface area is 135 Å². The number of amides is 1. The Balaban J connectivity index is 1.65. The fourth-order valence-electron chi connectivity index (χ4n) is 3.33. The van der Waals surface area contributed by atoms with Crippen LogP contribution in [0.4, 0.5) is 0 Å². The summed E-state index contributed by atoms with van der Waals surface area (Å²) in [4.78, 5) is 22.6. The topological polar surface area (TPSA) is 72.1 Å². The lowest BCUT2D eigenvalue weighted by Gasteiger charge is -2.22. The fraction of sp³-hybridized carbons (Fsp3) is 0.529. The highest BCUT2D eigenvalue weighted by Crippen LogP contribution is 2.25. The van der Waals surface area contributed by atoms with Gasteiger partial charge in [0.1, 0.15) is 5.76 Å². The number of nitrogens with zero attached hydrogens (tertiary/aromatic N) is 4. The molecule has 2 aromatic heterocycles. The van der Waals surface area contributed by atoms with E-state index in [0.717, 1.165) is 60.6 Å². The summed E-state index contributed by atoms with van der Waals surface area (Å²) in [5.41, 5.74) is 3.49. The molecule has 1 aliphatic rings. The molecule has 0 aromatic carbocycles. The summed E-state index contributed by atoms with van der Waals surface area (Å²) in [6.07, 6.45) is 7.56. The number of rotatable bonds is 4. The monoisotopic (exact) mass is 314 g/mol. The first-order valence-corrected chi connectivity index (χ1v) is 8.07. The predicted molar refractivity (Wildman–Crippen MR) is 85.7 cm³/mol. The third kappa shape index (κ3) is 3.25. The van der Waals surface area contributed by atoms with Gasteiger partial charge in [-0.05, 0) is 39.5 Å². The van der Waals surface area contributed by atoms with Crippen LogP contribution in [0.5, 0.6) is 0 Å². The van der Waals surface area contributed by atoms with Gasteiger partial charge in [-0.25, -0.2) is 0 Å². The van der Waals surface area contributed by atoms with Crippen molar-refractivity contribution in [1.82, 2.24) is 20.0 Å². The lowest BCUT2D eigenvalue weighted by molar-refractivity contribution is -0.129. The quantitative estimate of drug-likeness (QED) is 0.867. The van der Waals surface area contributed by atoms with Crippen LogP contribution in [-0.2, 0) is 11.2 Å². The summed E-state index contributed by atoms with van der Waals surface area (Å²) in [6.45, 7) is 6.31. The minimum absolute atomic E-state index is 0.173. The zero-order valence-electron chi connectivity index (χ0n) is 13.9. The Morgan fingerprint density at radius 2 is 2.17 bits per heavy atom. The normalized spacial score (nSPS) is 17.7. The Morgan fingerprint density at radius 1 is 1.35 bits per heavy atom. The number of aromatic nitrogens is 3. The van der Waals surface area contributed by atoms with Gasteiger partial charge in [0.05, 0.1) is 28.8 Å². The molecule has 1 atom stereocenters. The maximum absolute atomic E-state index is 11.6. The number of hydrogen-bond acceptors (Lipinski definition) is 5. The summed E-state index contributed by atoms with van der Waals surface area (Å²) < 4.78 is 5.17. The van der Waals surface area contributed by atoms with E-state index in [1.807, 2.05) is 24.9 Å². The van der Waals surface area contributed by atoms with Crippen molar-refractivity contribution in [1.29, 1.82) is 0 Å². The van der Waals surface area contributed by atoms with Crippen molar-refractivity contribution in [2.45, 2.75) is 52.5 Å². The second-order valence-corrected chi connectivity index (χ2v) is 6.14. The maximum Gasteiger partial charge on any atom is 0.219 e. The number of likely N-dealkylation sites (tertiary alicyclic amines) is 1. The molecule has 0 N–H and O–H groups in total. The molecule has 1 fully saturated rings. The highest BCUT2D eigenvalue weighted by atomic mass is 16.5. The largest absolute Gasteiger partial charge is 0.361 e. The molecule has 0 aliphatic carbocycles. The van der Waals surface area contributed by atoms with E-state index in [9.17, 15) is 4.79 Å². The molecule has 122 valence electrons. The van der Waals surface area contributed by atoms with Crippen LogP contribution in [0.3, 0.4) is 0 Å². The van der Waals surface area contributed by atoms with Crippen LogP contribution < -0.4 is 0 Å². The van der Waals surface area contributed by atoms with Gasteiger partial charge in [-0.1, -0.05) is 5.16 Å². The molecular formula is C17H22N4O2. The lowest BCUT2D eigenvalue weighted by Crippen LogP contribution is -2.33. The molecule has 6 nitrogen and oxygen atoms in total. The average Bonchev–Trinajstić information content (AvgIpc) is 3.13. The molecule has 23 heavy (non-hydrogen) atoms. The van der Waals surface area contributed by atoms with E-state index in [2.05, 4.69) is 15.1 Å². The minimum atomic E-state index is 0.173. The van der Waals surface area contributed by atoms with Gasteiger partial charge >= 0.3 is 0 Å². The number of carbonyl (C=O) groups is 1. The minimum Gasteiger partial charge on any atom is -0.361 e. The molecule has 1 saturated heterocycles. The highest BCUT2D eigenvalue weighted by Gasteiger charge is 2.26. The van der Waals surface area contributed by atoms with Crippen molar-refractivity contribution in [2.24, 2.45) is 0 Å². The van der Waals surface area contributed by atoms with Crippen molar-refractivity contribution in [3.8, 4) is 11.3 Å². The Bertz CT molecular complexity index is 674. The molecule has 2 aromatic rings. The Hall–Kier alpha value is -2.24. The van der Waals surface area contributed by atoms with Crippen LogP contribution >= 0.6 is 0 Å². The summed E-state index contributed by atoms with van der Waals surface area (Å²) in [7, 11) is 0. The van der Waals surface area contributed by atoms with Gasteiger partial charge in [0, 0.05) is 25.7 Å². The lowest BCUT2D eigenvalue weighted by atomic mass is 10.1. The van der Waals surface area contributed by atoms with E-state index >= 15 is 0 Å². The molecule has 0 spiro atoms. The standard InChI is InChI=1S/C17H22N4O2/c1-11-17(12(2)23-20-11)16-10-18-14(9-19-16)6-7-15-5-4-8-21(15)13(3)22/h9-10,15H,4-8H2,1-3H3/t15-/m0/s1. The van der Waals surface area contributed by atoms with Crippen LogP contribution in [-0.4, -0.2) is 38.5 Å². The summed E-state index contributed by atoms with van der Waals surface area (Å²) in [5.74, 6) is 0.931. The van der Waals surface area contributed by atoms with Crippen molar-refractivity contribution in [3.05, 3.63) is 29.5 Å². The Morgan fingerprint density at radius 3 is 2.78 bits per heavy atom. The zero-order chi connectivity index (χ0) is 16.4. The van der Waals surface area contributed by atoms with Gasteiger partial charge < -0.3 is 9.42 Å². The van der Waals surface area contributed by atoms with E-state index in [1.165, 1.54) is 0 Å². The first-order valence-electron chi connectivity index (χ1n) is 8.07. The smallest absolute Gasteiger partial charge is 0.219 e. The van der Waals surface area contributed by atoms with Gasteiger partial charge in [-0.2, -0.15) is 0 Å². The van der Waals surface area contributed by atoms with Gasteiger partial charge in [0.2, 0.25) is 5.91 Å². The van der Waals surface area contributed by atoms with Crippen LogP contribution in [0.15, 0.2) is 16.9 Å². The van der Waals surface area contributed by atoms with Gasteiger partial charge in [0.15, 0.2) is 0 Å². The number of carbonyl (C=O) groups excluding carboxylic acids is 1. The average molecular weight is 314 g/mol. The van der Waals surface area contributed by atoms with E-state index in [-0.39, 0.29) is 5.91 Å². The molecule has 3 heterocycles. The van der Waals surface area contributed by atoms with Crippen molar-refractivity contribution in [2.75, 3.05) is 6.54 Å². The highest BCUT2D eigenvalue weighted by molar-refractivity contribution is 5.73. The first kappa shape index (κ1) is 15.6. The van der Waals surface area contributed by atoms with Crippen LogP contribution in [0.2, 0.25) is 0 Å². The van der Waals surface area contributed by atoms with Gasteiger partial charge in [-0.3, -0.25) is 14.8 Å². The van der Waals surface area contributed by atoms with Crippen molar-refractivity contribution < 1.29 is 9.32 Å². The second kappa shape index (κ2) is 6.48. The number of aryl methyl sites for hydroxylation is 3. The van der Waals surface area contributed by atoms with Crippen LogP contribution in [0.25, 0.3) is 11.3 Å². The molecular weight excluding hydrogens is 292 g/mol. The Kier molecular flexibility index (Phi) is 4.41. The van der Waals surface area contributed by atoms with Gasteiger partial charge in [0.25, 0.3) is 0 Å². The third-order valence-corrected chi connectivity index (χ3v) is 4.51. The molecule has 3 rings (SSSR count). The SMILES string of the molecule is CC(=O)N1CCC[C@H]1CCc1cnc(-c2c(C)noc2C)cn1. The number of hydrogen-bond donors (Lipinski definition) is 0.